The Hall–Kier alpha value is -3.16. The van der Waals surface area contributed by atoms with E-state index in [-0.39, 0.29) is 17.1 Å². The van der Waals surface area contributed by atoms with Crippen molar-refractivity contribution >= 4 is 5.91 Å². The summed E-state index contributed by atoms with van der Waals surface area (Å²) in [4.78, 5) is 15.8. The highest BCUT2D eigenvalue weighted by atomic mass is 19.4. The van der Waals surface area contributed by atoms with Crippen molar-refractivity contribution in [2.75, 3.05) is 6.54 Å². The first-order valence-corrected chi connectivity index (χ1v) is 8.72. The van der Waals surface area contributed by atoms with E-state index in [0.717, 1.165) is 12.8 Å². The number of alkyl halides is 3. The van der Waals surface area contributed by atoms with E-state index in [0.29, 0.717) is 17.7 Å². The molecule has 0 saturated heterocycles. The molecule has 5 nitrogen and oxygen atoms in total. The molecule has 0 atom stereocenters. The second-order valence-electron chi connectivity index (χ2n) is 6.83. The SMILES string of the molecule is O=C(NCC1(c2ccccc2)CC1)c1ccc(-c2noc(C(F)(F)F)n2)cc1. The van der Waals surface area contributed by atoms with Gasteiger partial charge in [0.15, 0.2) is 0 Å². The molecule has 1 N–H and O–H groups in total. The lowest BCUT2D eigenvalue weighted by atomic mass is 9.96. The van der Waals surface area contributed by atoms with Gasteiger partial charge >= 0.3 is 12.1 Å². The zero-order chi connectivity index (χ0) is 19.8. The number of carbonyl (C=O) groups is 1. The summed E-state index contributed by atoms with van der Waals surface area (Å²) in [5.74, 6) is -1.82. The van der Waals surface area contributed by atoms with Crippen molar-refractivity contribution in [2.24, 2.45) is 0 Å². The molecule has 1 aliphatic carbocycles. The van der Waals surface area contributed by atoms with E-state index in [1.165, 1.54) is 29.8 Å². The van der Waals surface area contributed by atoms with Gasteiger partial charge in [0.25, 0.3) is 5.91 Å². The summed E-state index contributed by atoms with van der Waals surface area (Å²) in [6.07, 6.45) is -2.65. The number of nitrogens with one attached hydrogen (secondary N) is 1. The standard InChI is InChI=1S/C20H16F3N3O2/c21-20(22,23)18-25-16(26-28-18)13-6-8-14(9-7-13)17(27)24-12-19(10-11-19)15-4-2-1-3-5-15/h1-9H,10-12H2,(H,24,27). The largest absolute Gasteiger partial charge is 0.471 e. The molecule has 0 spiro atoms. The Kier molecular flexibility index (Phi) is 4.41. The second kappa shape index (κ2) is 6.78. The normalized spacial score (nSPS) is 15.2. The molecule has 2 aromatic carbocycles. The average molecular weight is 387 g/mol. The lowest BCUT2D eigenvalue weighted by molar-refractivity contribution is -0.159. The van der Waals surface area contributed by atoms with Crippen molar-refractivity contribution in [3.63, 3.8) is 0 Å². The van der Waals surface area contributed by atoms with E-state index in [4.69, 9.17) is 0 Å². The van der Waals surface area contributed by atoms with Crippen LogP contribution in [0.4, 0.5) is 13.2 Å². The van der Waals surface area contributed by atoms with E-state index in [1.807, 2.05) is 18.2 Å². The summed E-state index contributed by atoms with van der Waals surface area (Å²) in [7, 11) is 0. The third kappa shape index (κ3) is 3.62. The number of carbonyl (C=O) groups excluding carboxylic acids is 1. The minimum absolute atomic E-state index is 0.00447. The number of nitrogens with zero attached hydrogens (tertiary/aromatic N) is 2. The first-order valence-electron chi connectivity index (χ1n) is 8.72. The van der Waals surface area contributed by atoms with Gasteiger partial charge in [-0.05, 0) is 30.5 Å². The van der Waals surface area contributed by atoms with E-state index >= 15 is 0 Å². The number of aromatic nitrogens is 2. The highest BCUT2D eigenvalue weighted by molar-refractivity contribution is 5.94. The number of hydrogen-bond donors (Lipinski definition) is 1. The van der Waals surface area contributed by atoms with Crippen molar-refractivity contribution < 1.29 is 22.5 Å². The van der Waals surface area contributed by atoms with Crippen molar-refractivity contribution in [3.8, 4) is 11.4 Å². The summed E-state index contributed by atoms with van der Waals surface area (Å²) >= 11 is 0. The average Bonchev–Trinajstić information content (AvgIpc) is 3.32. The van der Waals surface area contributed by atoms with E-state index in [2.05, 4.69) is 32.1 Å². The Labute approximate surface area is 158 Å². The maximum absolute atomic E-state index is 12.5. The number of hydrogen-bond acceptors (Lipinski definition) is 4. The smallest absolute Gasteiger partial charge is 0.351 e. The van der Waals surface area contributed by atoms with Crippen molar-refractivity contribution in [2.45, 2.75) is 24.4 Å². The van der Waals surface area contributed by atoms with Gasteiger partial charge in [0.05, 0.1) is 0 Å². The molecule has 1 fully saturated rings. The molecule has 4 rings (SSSR count). The van der Waals surface area contributed by atoms with Gasteiger partial charge in [0, 0.05) is 23.1 Å². The molecule has 0 unspecified atom stereocenters. The molecular formula is C20H16F3N3O2. The first-order chi connectivity index (χ1) is 13.4. The molecule has 0 radical (unpaired) electrons. The van der Waals surface area contributed by atoms with Crippen molar-refractivity contribution in [1.82, 2.24) is 15.5 Å². The van der Waals surface area contributed by atoms with Crippen LogP contribution in [0.3, 0.4) is 0 Å². The van der Waals surface area contributed by atoms with Crippen LogP contribution >= 0.6 is 0 Å². The molecule has 1 aromatic heterocycles. The molecule has 0 bridgehead atoms. The molecule has 1 heterocycles. The van der Waals surface area contributed by atoms with E-state index in [1.54, 1.807) is 0 Å². The molecule has 0 aliphatic heterocycles. The Morgan fingerprint density at radius 3 is 2.32 bits per heavy atom. The van der Waals surface area contributed by atoms with Crippen LogP contribution in [-0.4, -0.2) is 22.6 Å². The fourth-order valence-corrected chi connectivity index (χ4v) is 3.09. The molecular weight excluding hydrogens is 371 g/mol. The molecule has 8 heteroatoms. The van der Waals surface area contributed by atoms with Crippen LogP contribution in [0, 0.1) is 0 Å². The minimum atomic E-state index is -4.69. The maximum atomic E-state index is 12.5. The van der Waals surface area contributed by atoms with Crippen LogP contribution in [0.2, 0.25) is 0 Å². The van der Waals surface area contributed by atoms with Gasteiger partial charge in [0.2, 0.25) is 5.82 Å². The van der Waals surface area contributed by atoms with Gasteiger partial charge < -0.3 is 9.84 Å². The van der Waals surface area contributed by atoms with Crippen LogP contribution in [0.1, 0.15) is 34.7 Å². The minimum Gasteiger partial charge on any atom is -0.351 e. The Bertz CT molecular complexity index is 978. The molecule has 144 valence electrons. The fraction of sp³-hybridized carbons (Fsp3) is 0.250. The van der Waals surface area contributed by atoms with Crippen molar-refractivity contribution in [3.05, 3.63) is 71.6 Å². The van der Waals surface area contributed by atoms with Gasteiger partial charge in [-0.3, -0.25) is 4.79 Å². The third-order valence-corrected chi connectivity index (χ3v) is 4.90. The quantitative estimate of drug-likeness (QED) is 0.712. The summed E-state index contributed by atoms with van der Waals surface area (Å²) in [6, 6.07) is 16.1. The molecule has 28 heavy (non-hydrogen) atoms. The van der Waals surface area contributed by atoms with Gasteiger partial charge in [0.1, 0.15) is 0 Å². The zero-order valence-corrected chi connectivity index (χ0v) is 14.7. The predicted octanol–water partition coefficient (Wildman–Crippen LogP) is 4.22. The molecule has 1 aliphatic rings. The van der Waals surface area contributed by atoms with Crippen LogP contribution in [0.25, 0.3) is 11.4 Å². The van der Waals surface area contributed by atoms with Crippen LogP contribution in [-0.2, 0) is 11.6 Å². The lowest BCUT2D eigenvalue weighted by Crippen LogP contribution is -2.32. The monoisotopic (exact) mass is 387 g/mol. The highest BCUT2D eigenvalue weighted by Crippen LogP contribution is 2.47. The maximum Gasteiger partial charge on any atom is 0.471 e. The Morgan fingerprint density at radius 2 is 1.75 bits per heavy atom. The van der Waals surface area contributed by atoms with Gasteiger partial charge in [-0.15, -0.1) is 0 Å². The number of benzene rings is 2. The lowest BCUT2D eigenvalue weighted by Gasteiger charge is -2.16. The first kappa shape index (κ1) is 18.2. The highest BCUT2D eigenvalue weighted by Gasteiger charge is 2.44. The van der Waals surface area contributed by atoms with Crippen molar-refractivity contribution in [1.29, 1.82) is 0 Å². The van der Waals surface area contributed by atoms with Crippen LogP contribution < -0.4 is 5.32 Å². The Morgan fingerprint density at radius 1 is 1.07 bits per heavy atom. The molecule has 1 saturated carbocycles. The third-order valence-electron chi connectivity index (χ3n) is 4.90. The predicted molar refractivity (Wildman–Crippen MR) is 94.4 cm³/mol. The topological polar surface area (TPSA) is 68.0 Å². The number of rotatable bonds is 5. The summed E-state index contributed by atoms with van der Waals surface area (Å²) in [6.45, 7) is 0.539. The Balaban J connectivity index is 1.41. The fourth-order valence-electron chi connectivity index (χ4n) is 3.09. The molecule has 3 aromatic rings. The second-order valence-corrected chi connectivity index (χ2v) is 6.83. The van der Waals surface area contributed by atoms with Gasteiger partial charge in [-0.25, -0.2) is 0 Å². The summed E-state index contributed by atoms with van der Waals surface area (Å²) < 4.78 is 41.9. The van der Waals surface area contributed by atoms with E-state index < -0.39 is 12.1 Å². The van der Waals surface area contributed by atoms with E-state index in [9.17, 15) is 18.0 Å². The van der Waals surface area contributed by atoms with Crippen LogP contribution in [0.15, 0.2) is 59.1 Å². The summed E-state index contributed by atoms with van der Waals surface area (Å²) in [5.41, 5.74) is 1.95. The zero-order valence-electron chi connectivity index (χ0n) is 14.7. The van der Waals surface area contributed by atoms with Crippen LogP contribution in [0.5, 0.6) is 0 Å². The number of halogens is 3. The number of amides is 1. The summed E-state index contributed by atoms with van der Waals surface area (Å²) in [5, 5.41) is 6.28. The molecule has 1 amide bonds. The van der Waals surface area contributed by atoms with Gasteiger partial charge in [-0.1, -0.05) is 47.6 Å². The van der Waals surface area contributed by atoms with Gasteiger partial charge in [-0.2, -0.15) is 18.2 Å².